The number of fused-ring (bicyclic) bond motifs is 2. The molecule has 0 atom stereocenters. The molecule has 0 N–H and O–H groups in total. The highest BCUT2D eigenvalue weighted by Crippen LogP contribution is 2.35. The van der Waals surface area contributed by atoms with Crippen LogP contribution in [0.15, 0.2) is 66.7 Å². The first-order valence-corrected chi connectivity index (χ1v) is 10.2. The lowest BCUT2D eigenvalue weighted by Gasteiger charge is -2.13. The van der Waals surface area contributed by atoms with Crippen molar-refractivity contribution < 1.29 is 5.94 Å². The normalized spacial score (nSPS) is 13.6. The van der Waals surface area contributed by atoms with Crippen molar-refractivity contribution in [2.75, 3.05) is 0 Å². The van der Waals surface area contributed by atoms with Crippen LogP contribution in [-0.2, 0) is 19.9 Å². The minimum Gasteiger partial charge on any atom is -0.198 e. The van der Waals surface area contributed by atoms with Gasteiger partial charge < -0.3 is 0 Å². The van der Waals surface area contributed by atoms with Gasteiger partial charge in [0.25, 0.3) is 0 Å². The monoisotopic (exact) mass is 365 g/mol. The van der Waals surface area contributed by atoms with Crippen molar-refractivity contribution in [1.29, 1.82) is 0 Å². The lowest BCUT2D eigenvalue weighted by molar-refractivity contribution is -0.665. The van der Waals surface area contributed by atoms with E-state index >= 15 is 0 Å². The van der Waals surface area contributed by atoms with Crippen LogP contribution in [0.3, 0.4) is 0 Å². The van der Waals surface area contributed by atoms with E-state index in [1.165, 1.54) is 50.9 Å². The van der Waals surface area contributed by atoms with Gasteiger partial charge in [0.1, 0.15) is 7.05 Å². The van der Waals surface area contributed by atoms with Gasteiger partial charge in [0.2, 0.25) is 5.69 Å². The fraction of sp³-hybridized carbons (Fsp3) is 0.222. The second-order valence-electron chi connectivity index (χ2n) is 8.03. The molecule has 0 radical (unpaired) electrons. The van der Waals surface area contributed by atoms with E-state index < -0.39 is 0 Å². The molecule has 1 nitrogen and oxygen atoms in total. The van der Waals surface area contributed by atoms with Crippen molar-refractivity contribution in [2.45, 2.75) is 33.1 Å². The topological polar surface area (TPSA) is 3.88 Å². The van der Waals surface area contributed by atoms with Crippen molar-refractivity contribution in [3.05, 3.63) is 89.1 Å². The molecule has 1 aromatic heterocycles. The van der Waals surface area contributed by atoms with Crippen LogP contribution in [-0.4, -0.2) is 0 Å². The van der Waals surface area contributed by atoms with Crippen molar-refractivity contribution in [1.82, 2.24) is 0 Å². The van der Waals surface area contributed by atoms with Gasteiger partial charge in [-0.2, -0.15) is 4.57 Å². The summed E-state index contributed by atoms with van der Waals surface area (Å²) >= 11 is 0. The number of aromatic nitrogens is 1. The van der Waals surface area contributed by atoms with E-state index in [-0.39, 0.29) is 0 Å². The second kappa shape index (κ2) is 6.60. The van der Waals surface area contributed by atoms with Gasteiger partial charge in [0, 0.05) is 13.0 Å². The predicted molar refractivity (Wildman–Crippen MR) is 117 cm³/mol. The second-order valence-corrected chi connectivity index (χ2v) is 8.03. The Morgan fingerprint density at radius 2 is 1.61 bits per heavy atom. The Kier molecular flexibility index (Phi) is 3.78. The summed E-state index contributed by atoms with van der Waals surface area (Å²) in [4.78, 5) is 0. The van der Waals surface area contributed by atoms with Crippen LogP contribution < -0.4 is 4.57 Å². The molecule has 1 heterocycles. The molecule has 1 aliphatic carbocycles. The SMILES string of the molecule is [2H]c1c(C)[n+](C)c(-c2cc(-c3ccccc3)ccc2C)c2cc3c(cc12)CCC3. The fourth-order valence-electron chi connectivity index (χ4n) is 4.56. The average molecular weight is 366 g/mol. The molecule has 4 aromatic rings. The van der Waals surface area contributed by atoms with Gasteiger partial charge >= 0.3 is 0 Å². The van der Waals surface area contributed by atoms with Crippen LogP contribution >= 0.6 is 0 Å². The van der Waals surface area contributed by atoms with Gasteiger partial charge in [0.05, 0.1) is 12.3 Å². The van der Waals surface area contributed by atoms with Crippen LogP contribution in [0.25, 0.3) is 33.2 Å². The number of benzene rings is 3. The lowest BCUT2D eigenvalue weighted by Crippen LogP contribution is -2.35. The third-order valence-electron chi connectivity index (χ3n) is 6.24. The van der Waals surface area contributed by atoms with Gasteiger partial charge in [-0.1, -0.05) is 48.5 Å². The smallest absolute Gasteiger partial charge is 0.198 e. The van der Waals surface area contributed by atoms with Gasteiger partial charge in [0.15, 0.2) is 5.69 Å². The number of nitrogens with zero attached hydrogens (tertiary/aromatic N) is 1. The quantitative estimate of drug-likeness (QED) is 0.378. The number of aryl methyl sites for hydroxylation is 3. The minimum absolute atomic E-state index is 0.651. The maximum atomic E-state index is 8.76. The average Bonchev–Trinajstić information content (AvgIpc) is 3.20. The molecule has 1 heteroatoms. The first-order valence-electron chi connectivity index (χ1n) is 10.7. The summed E-state index contributed by atoms with van der Waals surface area (Å²) in [6.45, 7) is 4.25. The summed E-state index contributed by atoms with van der Waals surface area (Å²) < 4.78 is 11.0. The predicted octanol–water partition coefficient (Wildman–Crippen LogP) is 6.10. The maximum absolute atomic E-state index is 8.76. The van der Waals surface area contributed by atoms with Crippen molar-refractivity contribution >= 4 is 10.8 Å². The third kappa shape index (κ3) is 2.74. The number of pyridine rings is 1. The molecule has 0 saturated carbocycles. The van der Waals surface area contributed by atoms with E-state index in [1.54, 1.807) is 0 Å². The molecule has 28 heavy (non-hydrogen) atoms. The van der Waals surface area contributed by atoms with Crippen molar-refractivity contribution in [3.8, 4) is 22.4 Å². The van der Waals surface area contributed by atoms with E-state index in [4.69, 9.17) is 1.37 Å². The van der Waals surface area contributed by atoms with E-state index in [9.17, 15) is 0 Å². The molecule has 3 aromatic carbocycles. The van der Waals surface area contributed by atoms with E-state index in [0.717, 1.165) is 23.9 Å². The molecule has 5 rings (SSSR count). The van der Waals surface area contributed by atoms with Gasteiger partial charge in [-0.15, -0.1) is 0 Å². The Bertz CT molecular complexity index is 1260. The van der Waals surface area contributed by atoms with Crippen molar-refractivity contribution in [3.63, 3.8) is 0 Å². The summed E-state index contributed by atoms with van der Waals surface area (Å²) in [5.41, 5.74) is 10.1. The van der Waals surface area contributed by atoms with Crippen LogP contribution in [0, 0.1) is 13.8 Å². The molecule has 138 valence electrons. The number of rotatable bonds is 2. The highest BCUT2D eigenvalue weighted by Gasteiger charge is 2.22. The molecule has 0 spiro atoms. The molecule has 0 saturated heterocycles. The zero-order valence-corrected chi connectivity index (χ0v) is 16.8. The van der Waals surface area contributed by atoms with Gasteiger partial charge in [-0.25, -0.2) is 0 Å². The van der Waals surface area contributed by atoms with Crippen LogP contribution in [0.1, 0.15) is 30.2 Å². The molecule has 1 aliphatic rings. The van der Waals surface area contributed by atoms with E-state index in [1.807, 2.05) is 0 Å². The van der Waals surface area contributed by atoms with Crippen LogP contribution in [0.2, 0.25) is 0 Å². The Hall–Kier alpha value is -2.93. The van der Waals surface area contributed by atoms with Gasteiger partial charge in [-0.05, 0) is 71.5 Å². The van der Waals surface area contributed by atoms with Crippen molar-refractivity contribution in [2.24, 2.45) is 7.05 Å². The zero-order valence-electron chi connectivity index (χ0n) is 17.8. The Balaban J connectivity index is 1.84. The Labute approximate surface area is 168 Å². The molecule has 0 unspecified atom stereocenters. The highest BCUT2D eigenvalue weighted by molar-refractivity contribution is 5.95. The maximum Gasteiger partial charge on any atom is 0.220 e. The molecule has 0 fully saturated rings. The number of hydrogen-bond acceptors (Lipinski definition) is 0. The standard InChI is InChI=1S/C27H26N/c1-18-12-13-23(20-8-5-4-6-9-20)16-25(18)27-26-17-22-11-7-10-21(22)15-24(26)14-19(2)28(27)3/h4-6,8-9,12-17H,7,10-11H2,1-3H3/q+1/i14D. The number of hydrogen-bond donors (Lipinski definition) is 0. The summed E-state index contributed by atoms with van der Waals surface area (Å²) in [5.74, 6) is 0. The Morgan fingerprint density at radius 1 is 0.857 bits per heavy atom. The minimum atomic E-state index is 0.651. The van der Waals surface area contributed by atoms with Crippen LogP contribution in [0.4, 0.5) is 0 Å². The molecular weight excluding hydrogens is 338 g/mol. The summed E-state index contributed by atoms with van der Waals surface area (Å²) in [6, 6.07) is 22.6. The molecule has 0 aliphatic heterocycles. The molecular formula is C27H26N+. The van der Waals surface area contributed by atoms with Gasteiger partial charge in [-0.3, -0.25) is 0 Å². The van der Waals surface area contributed by atoms with Crippen LogP contribution in [0.5, 0.6) is 0 Å². The molecule has 0 amide bonds. The summed E-state index contributed by atoms with van der Waals surface area (Å²) in [7, 11) is 2.10. The largest absolute Gasteiger partial charge is 0.220 e. The van der Waals surface area contributed by atoms with E-state index in [2.05, 4.69) is 86.1 Å². The molecule has 0 bridgehead atoms. The Morgan fingerprint density at radius 3 is 2.39 bits per heavy atom. The highest BCUT2D eigenvalue weighted by atomic mass is 14.9. The lowest BCUT2D eigenvalue weighted by atomic mass is 9.93. The third-order valence-corrected chi connectivity index (χ3v) is 6.24. The first kappa shape index (κ1) is 16.1. The summed E-state index contributed by atoms with van der Waals surface area (Å²) in [5, 5.41) is 2.29. The fourth-order valence-corrected chi connectivity index (χ4v) is 4.56. The zero-order chi connectivity index (χ0) is 20.1. The van der Waals surface area contributed by atoms with E-state index in [0.29, 0.717) is 6.04 Å². The summed E-state index contributed by atoms with van der Waals surface area (Å²) in [6.07, 6.45) is 3.52. The first-order chi connectivity index (χ1) is 14.0.